The maximum Gasteiger partial charge on any atom is -0.0138 e. The second kappa shape index (κ2) is 8.81. The van der Waals surface area contributed by atoms with Gasteiger partial charge in [0.25, 0.3) is 0 Å². The monoisotopic (exact) mass is 252 g/mol. The van der Waals surface area contributed by atoms with Gasteiger partial charge in [-0.05, 0) is 54.9 Å². The maximum absolute atomic E-state index is 2.54. The Morgan fingerprint density at radius 2 is 1.53 bits per heavy atom. The first-order chi connectivity index (χ1) is 8.33. The van der Waals surface area contributed by atoms with Gasteiger partial charge in [0.05, 0.1) is 0 Å². The van der Waals surface area contributed by atoms with E-state index in [1.54, 1.807) is 5.56 Å². The Balaban J connectivity index is 2.70. The van der Waals surface area contributed by atoms with Gasteiger partial charge in [0, 0.05) is 0 Å². The van der Waals surface area contributed by atoms with Crippen LogP contribution in [0.15, 0.2) is 11.9 Å². The highest BCUT2D eigenvalue weighted by atomic mass is 31.1. The zero-order chi connectivity index (χ0) is 12.5. The first kappa shape index (κ1) is 14.8. The number of rotatable bonds is 9. The van der Waals surface area contributed by atoms with Crippen molar-refractivity contribution in [3.05, 3.63) is 22.7 Å². The van der Waals surface area contributed by atoms with Gasteiger partial charge in [-0.1, -0.05) is 46.1 Å². The van der Waals surface area contributed by atoms with Crippen molar-refractivity contribution in [3.63, 3.8) is 0 Å². The Bertz CT molecular complexity index is 273. The smallest absolute Gasteiger partial charge is 0.0138 e. The van der Waals surface area contributed by atoms with Crippen LogP contribution in [0.2, 0.25) is 0 Å². The molecule has 0 nitrogen and oxygen atoms in total. The third-order valence-corrected chi connectivity index (χ3v) is 6.00. The molecule has 0 saturated heterocycles. The SMILES string of the molecule is CCCCc1ccp(CCCC)c1CCCC. The van der Waals surface area contributed by atoms with E-state index >= 15 is 0 Å². The van der Waals surface area contributed by atoms with Crippen LogP contribution in [0, 0.1) is 0 Å². The molecule has 1 unspecified atom stereocenters. The second-order valence-corrected chi connectivity index (χ2v) is 7.27. The van der Waals surface area contributed by atoms with E-state index < -0.39 is 0 Å². The average Bonchev–Trinajstić information content (AvgIpc) is 2.73. The molecular weight excluding hydrogens is 223 g/mol. The average molecular weight is 252 g/mol. The normalized spacial score (nSPS) is 12.1. The van der Waals surface area contributed by atoms with Crippen molar-refractivity contribution < 1.29 is 0 Å². The molecule has 1 heterocycles. The topological polar surface area (TPSA) is 0 Å². The molecule has 0 amide bonds. The minimum atomic E-state index is 0.117. The fourth-order valence-corrected chi connectivity index (χ4v) is 4.95. The number of hydrogen-bond acceptors (Lipinski definition) is 0. The fraction of sp³-hybridized carbons (Fsp3) is 0.750. The summed E-state index contributed by atoms with van der Waals surface area (Å²) in [6.07, 6.45) is 12.3. The van der Waals surface area contributed by atoms with Gasteiger partial charge in [-0.15, -0.1) is 7.53 Å². The quantitative estimate of drug-likeness (QED) is 0.494. The van der Waals surface area contributed by atoms with Gasteiger partial charge in [0.15, 0.2) is 0 Å². The molecule has 1 rings (SSSR count). The Kier molecular flexibility index (Phi) is 7.69. The van der Waals surface area contributed by atoms with Crippen LogP contribution in [-0.2, 0) is 19.0 Å². The van der Waals surface area contributed by atoms with Crippen LogP contribution in [0.1, 0.15) is 70.2 Å². The minimum Gasteiger partial charge on any atom is -0.121 e. The van der Waals surface area contributed by atoms with E-state index in [2.05, 4.69) is 32.6 Å². The van der Waals surface area contributed by atoms with Gasteiger partial charge in [0.2, 0.25) is 0 Å². The van der Waals surface area contributed by atoms with E-state index in [4.69, 9.17) is 0 Å². The lowest BCUT2D eigenvalue weighted by Crippen LogP contribution is -1.90. The molecule has 0 aromatic carbocycles. The van der Waals surface area contributed by atoms with Crippen LogP contribution in [0.3, 0.4) is 0 Å². The van der Waals surface area contributed by atoms with Gasteiger partial charge in [-0.2, -0.15) is 0 Å². The molecule has 1 aromatic rings. The van der Waals surface area contributed by atoms with Crippen molar-refractivity contribution in [2.24, 2.45) is 0 Å². The standard InChI is InChI=1S/C16H29P/c1-4-7-10-15-12-14-17(13-9-6-3)16(15)11-8-5-2/h12,14H,4-11,13H2,1-3H3. The summed E-state index contributed by atoms with van der Waals surface area (Å²) in [5.41, 5.74) is 1.71. The number of aryl methyl sites for hydroxylation is 2. The molecule has 0 radical (unpaired) electrons. The predicted molar refractivity (Wildman–Crippen MR) is 81.3 cm³/mol. The highest BCUT2D eigenvalue weighted by Crippen LogP contribution is 2.40. The second-order valence-electron chi connectivity index (χ2n) is 5.04. The summed E-state index contributed by atoms with van der Waals surface area (Å²) < 4.78 is 0. The van der Waals surface area contributed by atoms with E-state index in [1.165, 1.54) is 57.5 Å². The van der Waals surface area contributed by atoms with E-state index in [9.17, 15) is 0 Å². The molecule has 0 saturated carbocycles. The molecule has 1 aromatic heterocycles. The molecule has 17 heavy (non-hydrogen) atoms. The Hall–Kier alpha value is -0.220. The zero-order valence-corrected chi connectivity index (χ0v) is 12.9. The van der Waals surface area contributed by atoms with Crippen molar-refractivity contribution in [2.45, 2.75) is 78.3 Å². The van der Waals surface area contributed by atoms with Crippen molar-refractivity contribution >= 4 is 7.53 Å². The van der Waals surface area contributed by atoms with E-state index in [-0.39, 0.29) is 7.53 Å². The molecule has 0 aliphatic heterocycles. The van der Waals surface area contributed by atoms with Gasteiger partial charge in [-0.25, -0.2) is 0 Å². The Morgan fingerprint density at radius 3 is 2.18 bits per heavy atom. The van der Waals surface area contributed by atoms with Gasteiger partial charge >= 0.3 is 0 Å². The maximum atomic E-state index is 2.54. The molecule has 0 fully saturated rings. The molecular formula is C16H29P. The molecule has 0 aliphatic rings. The van der Waals surface area contributed by atoms with E-state index in [1.807, 2.05) is 5.30 Å². The van der Waals surface area contributed by atoms with Crippen LogP contribution in [0.4, 0.5) is 0 Å². The van der Waals surface area contributed by atoms with Gasteiger partial charge in [-0.3, -0.25) is 0 Å². The molecule has 0 bridgehead atoms. The largest absolute Gasteiger partial charge is 0.121 e. The first-order valence-electron chi connectivity index (χ1n) is 7.50. The summed E-state index contributed by atoms with van der Waals surface area (Å²) in [7, 11) is 0.117. The van der Waals surface area contributed by atoms with Crippen LogP contribution < -0.4 is 0 Å². The van der Waals surface area contributed by atoms with Crippen molar-refractivity contribution in [1.82, 2.24) is 0 Å². The summed E-state index contributed by atoms with van der Waals surface area (Å²) in [6, 6.07) is 2.46. The molecule has 0 N–H and O–H groups in total. The lowest BCUT2D eigenvalue weighted by Gasteiger charge is -2.08. The van der Waals surface area contributed by atoms with Crippen molar-refractivity contribution in [2.75, 3.05) is 0 Å². The van der Waals surface area contributed by atoms with Crippen LogP contribution >= 0.6 is 7.53 Å². The minimum absolute atomic E-state index is 0.117. The molecule has 98 valence electrons. The third kappa shape index (κ3) is 4.88. The summed E-state index contributed by atoms with van der Waals surface area (Å²) >= 11 is 0. The summed E-state index contributed by atoms with van der Waals surface area (Å²) in [4.78, 5) is 0. The van der Waals surface area contributed by atoms with E-state index in [0.29, 0.717) is 0 Å². The summed E-state index contributed by atoms with van der Waals surface area (Å²) in [5, 5.41) is 1.85. The third-order valence-electron chi connectivity index (χ3n) is 3.49. The molecule has 1 atom stereocenters. The van der Waals surface area contributed by atoms with Crippen molar-refractivity contribution in [3.8, 4) is 0 Å². The highest BCUT2D eigenvalue weighted by Gasteiger charge is 2.08. The van der Waals surface area contributed by atoms with Crippen LogP contribution in [-0.4, -0.2) is 0 Å². The van der Waals surface area contributed by atoms with Gasteiger partial charge in [0.1, 0.15) is 0 Å². The van der Waals surface area contributed by atoms with E-state index in [0.717, 1.165) is 0 Å². The van der Waals surface area contributed by atoms with Crippen molar-refractivity contribution in [1.29, 1.82) is 0 Å². The molecule has 0 spiro atoms. The number of hydrogen-bond donors (Lipinski definition) is 0. The Labute approximate surface area is 109 Å². The molecule has 1 heteroatoms. The van der Waals surface area contributed by atoms with Gasteiger partial charge < -0.3 is 0 Å². The summed E-state index contributed by atoms with van der Waals surface area (Å²) in [6.45, 7) is 6.91. The Morgan fingerprint density at radius 1 is 0.882 bits per heavy atom. The summed E-state index contributed by atoms with van der Waals surface area (Å²) in [5.74, 6) is 2.54. The van der Waals surface area contributed by atoms with Crippen LogP contribution in [0.5, 0.6) is 0 Å². The number of unbranched alkanes of at least 4 members (excludes halogenated alkanes) is 3. The lowest BCUT2D eigenvalue weighted by molar-refractivity contribution is 0.766. The predicted octanol–water partition coefficient (Wildman–Crippen LogP) is 6.16. The first-order valence-corrected chi connectivity index (χ1v) is 9.09. The highest BCUT2D eigenvalue weighted by molar-refractivity contribution is 7.49. The zero-order valence-electron chi connectivity index (χ0n) is 12.0. The van der Waals surface area contributed by atoms with Crippen LogP contribution in [0.25, 0.3) is 0 Å². The lowest BCUT2D eigenvalue weighted by atomic mass is 10.1. The molecule has 0 aliphatic carbocycles. The fourth-order valence-electron chi connectivity index (χ4n) is 2.33.